The molecule has 0 N–H and O–H groups in total. The van der Waals surface area contributed by atoms with Crippen molar-refractivity contribution < 1.29 is 19.1 Å². The molecule has 1 fully saturated rings. The number of nitrogens with zero attached hydrogens (tertiary/aromatic N) is 4. The van der Waals surface area contributed by atoms with E-state index in [1.807, 2.05) is 41.5 Å². The average Bonchev–Trinajstić information content (AvgIpc) is 2.96. The molecule has 0 aliphatic carbocycles. The molecular weight excluding hydrogens is 428 g/mol. The van der Waals surface area contributed by atoms with Crippen LogP contribution in [0.15, 0.2) is 0 Å². The van der Waals surface area contributed by atoms with Crippen molar-refractivity contribution in [3.05, 3.63) is 15.7 Å². The summed E-state index contributed by atoms with van der Waals surface area (Å²) in [7, 11) is 0. The molecule has 0 radical (unpaired) electrons. The van der Waals surface area contributed by atoms with Gasteiger partial charge in [-0.05, 0) is 58.7 Å². The minimum atomic E-state index is -0.532. The number of aryl methyl sites for hydroxylation is 1. The second-order valence-corrected chi connectivity index (χ2v) is 9.80. The summed E-state index contributed by atoms with van der Waals surface area (Å²) in [5.74, 6) is 0.300. The van der Waals surface area contributed by atoms with Gasteiger partial charge in [-0.25, -0.2) is 14.6 Å². The molecular formula is C20H27ClN4O4S. The molecule has 30 heavy (non-hydrogen) atoms. The number of fused-ring (bicyclic) bond motifs is 1. The molecule has 1 amide bonds. The molecule has 0 bridgehead atoms. The van der Waals surface area contributed by atoms with Crippen LogP contribution in [-0.4, -0.2) is 64.8 Å². The Morgan fingerprint density at radius 3 is 2.33 bits per heavy atom. The molecule has 0 atom stereocenters. The lowest BCUT2D eigenvalue weighted by molar-refractivity contribution is 0.0239. The number of hydrogen-bond acceptors (Lipinski definition) is 8. The highest BCUT2D eigenvalue weighted by Gasteiger charge is 2.29. The van der Waals surface area contributed by atoms with Crippen LogP contribution in [0.1, 0.15) is 49.9 Å². The standard InChI is InChI=1S/C20H27ClN4O4S/c1-11(2)28-17(26)14-12(3)13-15(22-18(21)23-16(13)30-14)24-7-9-25(10-8-24)19(27)29-20(4,5)6/h11H,7-10H2,1-6H3. The van der Waals surface area contributed by atoms with Gasteiger partial charge in [-0.15, -0.1) is 11.3 Å². The van der Waals surface area contributed by atoms with Crippen LogP contribution >= 0.6 is 22.9 Å². The van der Waals surface area contributed by atoms with Crippen molar-refractivity contribution in [2.24, 2.45) is 0 Å². The number of ether oxygens (including phenoxy) is 2. The summed E-state index contributed by atoms with van der Waals surface area (Å²) in [4.78, 5) is 38.5. The molecule has 1 saturated heterocycles. The maximum Gasteiger partial charge on any atom is 0.410 e. The fraction of sp³-hybridized carbons (Fsp3) is 0.600. The minimum Gasteiger partial charge on any atom is -0.459 e. The predicted molar refractivity (Wildman–Crippen MR) is 118 cm³/mol. The fourth-order valence-corrected chi connectivity index (χ4v) is 4.48. The van der Waals surface area contributed by atoms with E-state index in [4.69, 9.17) is 21.1 Å². The van der Waals surface area contributed by atoms with Crippen LogP contribution in [0.5, 0.6) is 0 Å². The van der Waals surface area contributed by atoms with Gasteiger partial charge in [-0.3, -0.25) is 0 Å². The van der Waals surface area contributed by atoms with Crippen LogP contribution in [0.4, 0.5) is 10.6 Å². The van der Waals surface area contributed by atoms with Gasteiger partial charge in [0.15, 0.2) is 0 Å². The normalized spacial score (nSPS) is 15.1. The highest BCUT2D eigenvalue weighted by molar-refractivity contribution is 7.20. The second kappa shape index (κ2) is 8.55. The number of aromatic nitrogens is 2. The Labute approximate surface area is 185 Å². The Hall–Kier alpha value is -2.13. The van der Waals surface area contributed by atoms with E-state index < -0.39 is 5.60 Å². The predicted octanol–water partition coefficient (Wildman–Crippen LogP) is 4.28. The molecule has 0 spiro atoms. The second-order valence-electron chi connectivity index (χ2n) is 8.46. The van der Waals surface area contributed by atoms with Crippen molar-refractivity contribution in [2.45, 2.75) is 53.2 Å². The zero-order valence-corrected chi connectivity index (χ0v) is 19.7. The largest absolute Gasteiger partial charge is 0.459 e. The van der Waals surface area contributed by atoms with E-state index >= 15 is 0 Å². The van der Waals surface area contributed by atoms with E-state index in [0.717, 1.165) is 10.9 Å². The van der Waals surface area contributed by atoms with Crippen LogP contribution < -0.4 is 4.90 Å². The highest BCUT2D eigenvalue weighted by Crippen LogP contribution is 2.37. The number of piperazine rings is 1. The molecule has 2 aromatic rings. The van der Waals surface area contributed by atoms with Crippen LogP contribution in [0, 0.1) is 6.92 Å². The van der Waals surface area contributed by atoms with E-state index in [1.165, 1.54) is 11.3 Å². The van der Waals surface area contributed by atoms with Crippen LogP contribution in [0.25, 0.3) is 10.2 Å². The number of hydrogen-bond donors (Lipinski definition) is 0. The van der Waals surface area contributed by atoms with E-state index in [2.05, 4.69) is 14.9 Å². The number of carbonyl (C=O) groups is 2. The van der Waals surface area contributed by atoms with Gasteiger partial charge < -0.3 is 19.3 Å². The van der Waals surface area contributed by atoms with Gasteiger partial charge in [-0.1, -0.05) is 0 Å². The number of carbonyl (C=O) groups excluding carboxylic acids is 2. The summed E-state index contributed by atoms with van der Waals surface area (Å²) < 4.78 is 10.8. The van der Waals surface area contributed by atoms with E-state index in [1.54, 1.807) is 4.90 Å². The van der Waals surface area contributed by atoms with Crippen molar-refractivity contribution in [1.82, 2.24) is 14.9 Å². The maximum atomic E-state index is 12.5. The molecule has 0 unspecified atom stereocenters. The fourth-order valence-electron chi connectivity index (χ4n) is 3.21. The third-order valence-electron chi connectivity index (χ3n) is 4.50. The van der Waals surface area contributed by atoms with Gasteiger partial charge in [-0.2, -0.15) is 4.98 Å². The van der Waals surface area contributed by atoms with Crippen molar-refractivity contribution in [1.29, 1.82) is 0 Å². The topological polar surface area (TPSA) is 84.9 Å². The molecule has 8 nitrogen and oxygen atoms in total. The lowest BCUT2D eigenvalue weighted by Crippen LogP contribution is -2.50. The van der Waals surface area contributed by atoms with Gasteiger partial charge >= 0.3 is 12.1 Å². The Morgan fingerprint density at radius 1 is 1.13 bits per heavy atom. The van der Waals surface area contributed by atoms with Gasteiger partial charge in [0, 0.05) is 26.2 Å². The minimum absolute atomic E-state index is 0.122. The zero-order chi connectivity index (χ0) is 22.2. The number of thiophene rings is 1. The Balaban J connectivity index is 1.85. The first-order valence-electron chi connectivity index (χ1n) is 9.86. The lowest BCUT2D eigenvalue weighted by atomic mass is 10.2. The quantitative estimate of drug-likeness (QED) is 0.505. The summed E-state index contributed by atoms with van der Waals surface area (Å²) >= 11 is 7.43. The Morgan fingerprint density at radius 2 is 1.77 bits per heavy atom. The maximum absolute atomic E-state index is 12.5. The van der Waals surface area contributed by atoms with E-state index in [9.17, 15) is 9.59 Å². The lowest BCUT2D eigenvalue weighted by Gasteiger charge is -2.36. The Bertz CT molecular complexity index is 962. The smallest absolute Gasteiger partial charge is 0.410 e. The SMILES string of the molecule is Cc1c(C(=O)OC(C)C)sc2nc(Cl)nc(N3CCN(C(=O)OC(C)(C)C)CC3)c12. The molecule has 10 heteroatoms. The molecule has 0 aromatic carbocycles. The Kier molecular flexibility index (Phi) is 6.43. The third-order valence-corrected chi connectivity index (χ3v) is 5.84. The summed E-state index contributed by atoms with van der Waals surface area (Å²) in [6.07, 6.45) is -0.532. The van der Waals surface area contributed by atoms with Crippen molar-refractivity contribution in [2.75, 3.05) is 31.1 Å². The number of anilines is 1. The number of amides is 1. The van der Waals surface area contributed by atoms with Crippen molar-refractivity contribution in [3.63, 3.8) is 0 Å². The first-order chi connectivity index (χ1) is 14.0. The molecule has 0 saturated carbocycles. The molecule has 3 rings (SSSR count). The number of halogens is 1. The van der Waals surface area contributed by atoms with Gasteiger partial charge in [0.2, 0.25) is 5.28 Å². The van der Waals surface area contributed by atoms with Gasteiger partial charge in [0.05, 0.1) is 11.5 Å². The first-order valence-corrected chi connectivity index (χ1v) is 11.1. The number of rotatable bonds is 3. The van der Waals surface area contributed by atoms with Gasteiger partial charge in [0.25, 0.3) is 0 Å². The number of esters is 1. The first kappa shape index (κ1) is 22.6. The molecule has 3 heterocycles. The summed E-state index contributed by atoms with van der Waals surface area (Å²) in [6, 6.07) is 0. The molecule has 1 aliphatic heterocycles. The summed E-state index contributed by atoms with van der Waals surface area (Å²) in [5, 5.41) is 0.919. The molecule has 2 aromatic heterocycles. The van der Waals surface area contributed by atoms with E-state index in [0.29, 0.717) is 41.7 Å². The monoisotopic (exact) mass is 454 g/mol. The van der Waals surface area contributed by atoms with Gasteiger partial charge in [0.1, 0.15) is 21.1 Å². The van der Waals surface area contributed by atoms with E-state index in [-0.39, 0.29) is 23.5 Å². The third kappa shape index (κ3) is 4.95. The highest BCUT2D eigenvalue weighted by atomic mass is 35.5. The van der Waals surface area contributed by atoms with Crippen LogP contribution in [-0.2, 0) is 9.47 Å². The van der Waals surface area contributed by atoms with Crippen LogP contribution in [0.2, 0.25) is 5.28 Å². The summed E-state index contributed by atoms with van der Waals surface area (Å²) in [5.41, 5.74) is 0.247. The molecule has 1 aliphatic rings. The van der Waals surface area contributed by atoms with Crippen molar-refractivity contribution >= 4 is 51.0 Å². The zero-order valence-electron chi connectivity index (χ0n) is 18.1. The average molecular weight is 455 g/mol. The molecule has 164 valence electrons. The summed E-state index contributed by atoms with van der Waals surface area (Å²) in [6.45, 7) is 13.2. The van der Waals surface area contributed by atoms with Crippen LogP contribution in [0.3, 0.4) is 0 Å². The van der Waals surface area contributed by atoms with Crippen molar-refractivity contribution in [3.8, 4) is 0 Å².